The number of thioether (sulfide) groups is 1. The van der Waals surface area contributed by atoms with E-state index in [1.165, 1.54) is 23.3 Å². The lowest BCUT2D eigenvalue weighted by Gasteiger charge is -2.19. The Morgan fingerprint density at radius 2 is 1.70 bits per heavy atom. The fourth-order valence-corrected chi connectivity index (χ4v) is 3.65. The van der Waals surface area contributed by atoms with Crippen LogP contribution in [0.3, 0.4) is 0 Å². The predicted molar refractivity (Wildman–Crippen MR) is 110 cm³/mol. The molecule has 0 saturated heterocycles. The summed E-state index contributed by atoms with van der Waals surface area (Å²) in [5.41, 5.74) is 3.56. The maximum absolute atomic E-state index is 13.2. The van der Waals surface area contributed by atoms with E-state index in [1.54, 1.807) is 23.9 Å². The molecule has 3 rings (SSSR count). The Balaban J connectivity index is 1.79. The van der Waals surface area contributed by atoms with Crippen molar-refractivity contribution in [1.82, 2.24) is 14.8 Å². The summed E-state index contributed by atoms with van der Waals surface area (Å²) in [6.07, 6.45) is 1.82. The van der Waals surface area contributed by atoms with E-state index in [0.29, 0.717) is 6.54 Å². The average Bonchev–Trinajstić information content (AvgIpc) is 3.03. The van der Waals surface area contributed by atoms with Crippen LogP contribution >= 0.6 is 11.8 Å². The van der Waals surface area contributed by atoms with E-state index in [1.807, 2.05) is 10.6 Å². The second-order valence-corrected chi connectivity index (χ2v) is 8.39. The molecule has 0 aliphatic rings. The predicted octanol–water partition coefficient (Wildman–Crippen LogP) is 5.86. The highest BCUT2D eigenvalue weighted by Crippen LogP contribution is 2.28. The molecule has 0 unspecified atom stereocenters. The highest BCUT2D eigenvalue weighted by Gasteiger charge is 2.15. The van der Waals surface area contributed by atoms with Gasteiger partial charge in [0, 0.05) is 17.9 Å². The lowest BCUT2D eigenvalue weighted by Crippen LogP contribution is -2.10. The number of aromatic nitrogens is 3. The van der Waals surface area contributed by atoms with Gasteiger partial charge in [-0.1, -0.05) is 62.9 Å². The molecule has 140 valence electrons. The topological polar surface area (TPSA) is 30.7 Å². The van der Waals surface area contributed by atoms with Crippen molar-refractivity contribution in [3.05, 3.63) is 78.1 Å². The molecule has 3 aromatic rings. The molecular weight excluding hydrogens is 357 g/mol. The Bertz CT molecular complexity index is 906. The number of benzene rings is 2. The molecule has 0 atom stereocenters. The normalized spacial score (nSPS) is 11.6. The van der Waals surface area contributed by atoms with Gasteiger partial charge >= 0.3 is 0 Å². The van der Waals surface area contributed by atoms with Gasteiger partial charge in [-0.25, -0.2) is 4.39 Å². The third-order valence-electron chi connectivity index (χ3n) is 4.32. The van der Waals surface area contributed by atoms with Gasteiger partial charge in [0.05, 0.1) is 0 Å². The van der Waals surface area contributed by atoms with Gasteiger partial charge in [0.15, 0.2) is 11.0 Å². The number of allylic oxidation sites excluding steroid dienone is 1. The molecule has 5 heteroatoms. The number of nitrogens with zero attached hydrogens (tertiary/aromatic N) is 3. The molecule has 0 spiro atoms. The van der Waals surface area contributed by atoms with E-state index in [0.717, 1.165) is 22.3 Å². The van der Waals surface area contributed by atoms with E-state index in [4.69, 9.17) is 0 Å². The van der Waals surface area contributed by atoms with Crippen LogP contribution in [0, 0.1) is 5.82 Å². The number of halogens is 1. The molecule has 3 nitrogen and oxygen atoms in total. The van der Waals surface area contributed by atoms with E-state index in [-0.39, 0.29) is 11.2 Å². The largest absolute Gasteiger partial charge is 0.298 e. The molecule has 27 heavy (non-hydrogen) atoms. The smallest absolute Gasteiger partial charge is 0.192 e. The fourth-order valence-electron chi connectivity index (χ4n) is 2.75. The van der Waals surface area contributed by atoms with Crippen LogP contribution in [-0.2, 0) is 17.7 Å². The third-order valence-corrected chi connectivity index (χ3v) is 5.36. The molecule has 0 fully saturated rings. The minimum Gasteiger partial charge on any atom is -0.298 e. The highest BCUT2D eigenvalue weighted by molar-refractivity contribution is 7.98. The summed E-state index contributed by atoms with van der Waals surface area (Å²) in [7, 11) is 0. The Hall–Kier alpha value is -2.40. The van der Waals surface area contributed by atoms with Gasteiger partial charge in [-0.2, -0.15) is 0 Å². The lowest BCUT2D eigenvalue weighted by molar-refractivity contribution is 0.590. The quantitative estimate of drug-likeness (QED) is 0.396. The first-order valence-corrected chi connectivity index (χ1v) is 9.89. The second-order valence-electron chi connectivity index (χ2n) is 7.45. The average molecular weight is 382 g/mol. The first kappa shape index (κ1) is 19.4. The van der Waals surface area contributed by atoms with Crippen LogP contribution in [0.25, 0.3) is 11.4 Å². The lowest BCUT2D eigenvalue weighted by atomic mass is 9.87. The summed E-state index contributed by atoms with van der Waals surface area (Å²) < 4.78 is 15.2. The van der Waals surface area contributed by atoms with Gasteiger partial charge < -0.3 is 0 Å². The maximum atomic E-state index is 13.2. The zero-order chi connectivity index (χ0) is 19.4. The molecule has 0 radical (unpaired) electrons. The van der Waals surface area contributed by atoms with Crippen LogP contribution in [0.15, 0.2) is 66.3 Å². The van der Waals surface area contributed by atoms with Crippen molar-refractivity contribution >= 4 is 11.8 Å². The van der Waals surface area contributed by atoms with Crippen molar-refractivity contribution in [2.75, 3.05) is 0 Å². The summed E-state index contributed by atoms with van der Waals surface area (Å²) in [6.45, 7) is 11.1. The minimum atomic E-state index is -0.262. The van der Waals surface area contributed by atoms with Crippen molar-refractivity contribution in [3.63, 3.8) is 0 Å². The molecule has 0 amide bonds. The van der Waals surface area contributed by atoms with Crippen molar-refractivity contribution in [2.24, 2.45) is 0 Å². The van der Waals surface area contributed by atoms with Crippen LogP contribution in [0.1, 0.15) is 31.9 Å². The van der Waals surface area contributed by atoms with Crippen LogP contribution < -0.4 is 0 Å². The minimum absolute atomic E-state index is 0.153. The summed E-state index contributed by atoms with van der Waals surface area (Å²) in [4.78, 5) is 0. The third kappa shape index (κ3) is 4.66. The van der Waals surface area contributed by atoms with Crippen LogP contribution in [-0.4, -0.2) is 14.8 Å². The molecule has 2 aromatic carbocycles. The zero-order valence-electron chi connectivity index (χ0n) is 15.9. The molecule has 0 saturated carbocycles. The Labute approximate surface area is 164 Å². The molecule has 0 aliphatic heterocycles. The van der Waals surface area contributed by atoms with Gasteiger partial charge in [0.25, 0.3) is 0 Å². The maximum Gasteiger partial charge on any atom is 0.192 e. The Kier molecular flexibility index (Phi) is 5.80. The SMILES string of the molecule is C=CCn1c(SCc2ccc(C(C)(C)C)cc2)nnc1-c1ccc(F)cc1. The van der Waals surface area contributed by atoms with Crippen LogP contribution in [0.4, 0.5) is 4.39 Å². The first-order chi connectivity index (χ1) is 12.9. The summed E-state index contributed by atoms with van der Waals surface area (Å²) in [5, 5.41) is 9.48. The zero-order valence-corrected chi connectivity index (χ0v) is 16.8. The van der Waals surface area contributed by atoms with Crippen LogP contribution in [0.2, 0.25) is 0 Å². The summed E-state index contributed by atoms with van der Waals surface area (Å²) >= 11 is 1.64. The standard InChI is InChI=1S/C22H24FN3S/c1-5-14-26-20(17-8-12-19(23)13-9-17)24-25-21(26)27-15-16-6-10-18(11-7-16)22(2,3)4/h5-13H,1,14-15H2,2-4H3. The monoisotopic (exact) mass is 381 g/mol. The summed E-state index contributed by atoms with van der Waals surface area (Å²) in [5.74, 6) is 1.27. The summed E-state index contributed by atoms with van der Waals surface area (Å²) in [6, 6.07) is 15.0. The molecule has 0 aliphatic carbocycles. The van der Waals surface area contributed by atoms with E-state index in [2.05, 4.69) is 61.8 Å². The van der Waals surface area contributed by atoms with Crippen molar-refractivity contribution in [1.29, 1.82) is 0 Å². The highest BCUT2D eigenvalue weighted by atomic mass is 32.2. The molecule has 0 bridgehead atoms. The number of rotatable bonds is 6. The fraction of sp³-hybridized carbons (Fsp3) is 0.273. The van der Waals surface area contributed by atoms with Gasteiger partial charge in [-0.3, -0.25) is 4.57 Å². The van der Waals surface area contributed by atoms with E-state index in [9.17, 15) is 4.39 Å². The van der Waals surface area contributed by atoms with Crippen LogP contribution in [0.5, 0.6) is 0 Å². The first-order valence-electron chi connectivity index (χ1n) is 8.91. The van der Waals surface area contributed by atoms with Gasteiger partial charge in [0.1, 0.15) is 5.82 Å². The van der Waals surface area contributed by atoms with Gasteiger partial charge in [0.2, 0.25) is 0 Å². The second kappa shape index (κ2) is 8.09. The Morgan fingerprint density at radius 1 is 1.04 bits per heavy atom. The number of hydrogen-bond donors (Lipinski definition) is 0. The molecule has 0 N–H and O–H groups in total. The van der Waals surface area contributed by atoms with Crippen molar-refractivity contribution < 1.29 is 4.39 Å². The molecule has 1 heterocycles. The number of hydrogen-bond acceptors (Lipinski definition) is 3. The Morgan fingerprint density at radius 3 is 2.30 bits per heavy atom. The van der Waals surface area contributed by atoms with E-state index < -0.39 is 0 Å². The van der Waals surface area contributed by atoms with Gasteiger partial charge in [-0.05, 0) is 40.8 Å². The van der Waals surface area contributed by atoms with Crippen molar-refractivity contribution in [2.45, 2.75) is 43.6 Å². The van der Waals surface area contributed by atoms with Crippen molar-refractivity contribution in [3.8, 4) is 11.4 Å². The molecule has 1 aromatic heterocycles. The van der Waals surface area contributed by atoms with E-state index >= 15 is 0 Å². The molecular formula is C22H24FN3S. The van der Waals surface area contributed by atoms with Gasteiger partial charge in [-0.15, -0.1) is 16.8 Å².